The van der Waals surface area contributed by atoms with Crippen LogP contribution in [0.5, 0.6) is 5.75 Å². The Morgan fingerprint density at radius 3 is 2.12 bits per heavy atom. The van der Waals surface area contributed by atoms with Crippen LogP contribution in [0, 0.1) is 13.8 Å². The van der Waals surface area contributed by atoms with E-state index in [1.165, 1.54) is 27.5 Å². The summed E-state index contributed by atoms with van der Waals surface area (Å²) in [5.74, 6) is 0.102. The van der Waals surface area contributed by atoms with Crippen LogP contribution in [0.3, 0.4) is 0 Å². The molecule has 9 heteroatoms. The molecule has 2 aromatic carbocycles. The van der Waals surface area contributed by atoms with Crippen molar-refractivity contribution < 1.29 is 27.4 Å². The predicted octanol–water partition coefficient (Wildman–Crippen LogP) is 5.04. The molecular formula is C25H27F3N2O4. The highest BCUT2D eigenvalue weighted by Gasteiger charge is 2.33. The molecule has 0 saturated carbocycles. The zero-order valence-corrected chi connectivity index (χ0v) is 19.7. The molecule has 34 heavy (non-hydrogen) atoms. The average molecular weight is 476 g/mol. The Morgan fingerprint density at radius 1 is 1.00 bits per heavy atom. The fraction of sp³-hybridized carbons (Fsp3) is 0.360. The van der Waals surface area contributed by atoms with Gasteiger partial charge in [0.2, 0.25) is 0 Å². The number of hydrogen-bond acceptors (Lipinski definition) is 4. The lowest BCUT2D eigenvalue weighted by atomic mass is 10.0. The van der Waals surface area contributed by atoms with Crippen molar-refractivity contribution in [2.45, 2.75) is 52.9 Å². The molecule has 0 atom stereocenters. The molecule has 0 radical (unpaired) electrons. The SMILES string of the molecule is CCOC(=O)C(C)(C)Oc1c(C)cc(Cn2ccn(-c3ccc(C(F)(F)F)cc3)c2=O)cc1C. The predicted molar refractivity (Wildman–Crippen MR) is 121 cm³/mol. The summed E-state index contributed by atoms with van der Waals surface area (Å²) in [6.07, 6.45) is -1.34. The highest BCUT2D eigenvalue weighted by atomic mass is 19.4. The number of nitrogens with zero attached hydrogens (tertiary/aromatic N) is 2. The molecule has 0 bridgehead atoms. The van der Waals surface area contributed by atoms with E-state index in [4.69, 9.17) is 9.47 Å². The van der Waals surface area contributed by atoms with Gasteiger partial charge >= 0.3 is 17.8 Å². The van der Waals surface area contributed by atoms with Gasteiger partial charge in [0.1, 0.15) is 5.75 Å². The molecule has 6 nitrogen and oxygen atoms in total. The molecule has 0 saturated heterocycles. The average Bonchev–Trinajstić information content (AvgIpc) is 3.10. The van der Waals surface area contributed by atoms with E-state index in [1.807, 2.05) is 26.0 Å². The quantitative estimate of drug-likeness (QED) is 0.448. The molecule has 0 aliphatic carbocycles. The minimum atomic E-state index is -4.44. The minimum Gasteiger partial charge on any atom is -0.476 e. The largest absolute Gasteiger partial charge is 0.476 e. The van der Waals surface area contributed by atoms with Crippen LogP contribution >= 0.6 is 0 Å². The fourth-order valence-electron chi connectivity index (χ4n) is 3.63. The third-order valence-electron chi connectivity index (χ3n) is 5.32. The van der Waals surface area contributed by atoms with Crippen molar-refractivity contribution >= 4 is 5.97 Å². The first-order valence-electron chi connectivity index (χ1n) is 10.7. The van der Waals surface area contributed by atoms with Crippen molar-refractivity contribution in [3.8, 4) is 11.4 Å². The molecule has 0 N–H and O–H groups in total. The number of alkyl halides is 3. The summed E-state index contributed by atoms with van der Waals surface area (Å²) in [6.45, 7) is 9.22. The number of hydrogen-bond donors (Lipinski definition) is 0. The summed E-state index contributed by atoms with van der Waals surface area (Å²) in [4.78, 5) is 25.0. The van der Waals surface area contributed by atoms with E-state index in [9.17, 15) is 22.8 Å². The molecule has 0 spiro atoms. The van der Waals surface area contributed by atoms with Gasteiger partial charge in [0, 0.05) is 12.4 Å². The Labute approximate surface area is 195 Å². The number of imidazole rings is 1. The molecule has 0 aliphatic rings. The Bertz CT molecular complexity index is 1220. The van der Waals surface area contributed by atoms with Gasteiger partial charge in [-0.25, -0.2) is 9.59 Å². The molecule has 182 valence electrons. The monoisotopic (exact) mass is 476 g/mol. The van der Waals surface area contributed by atoms with Gasteiger partial charge in [-0.15, -0.1) is 0 Å². The van der Waals surface area contributed by atoms with Crippen molar-refractivity contribution in [3.05, 3.63) is 81.5 Å². The van der Waals surface area contributed by atoms with E-state index in [0.717, 1.165) is 28.8 Å². The standard InChI is InChI=1S/C25H27F3N2O4/c1-6-33-22(31)24(4,5)34-21-16(2)13-18(14-17(21)3)15-29-11-12-30(23(29)32)20-9-7-19(8-10-20)25(26,27)28/h7-14H,6,15H2,1-5H3. The molecule has 3 aromatic rings. The Morgan fingerprint density at radius 2 is 1.59 bits per heavy atom. The summed E-state index contributed by atoms with van der Waals surface area (Å²) in [7, 11) is 0. The van der Waals surface area contributed by atoms with Crippen molar-refractivity contribution in [1.29, 1.82) is 0 Å². The summed E-state index contributed by atoms with van der Waals surface area (Å²) >= 11 is 0. The number of carbonyl (C=O) groups is 1. The number of rotatable bonds is 7. The van der Waals surface area contributed by atoms with Crippen LogP contribution in [0.2, 0.25) is 0 Å². The van der Waals surface area contributed by atoms with Gasteiger partial charge in [-0.05, 0) is 75.6 Å². The number of benzene rings is 2. The van der Waals surface area contributed by atoms with Crippen LogP contribution in [0.4, 0.5) is 13.2 Å². The second-order valence-corrected chi connectivity index (χ2v) is 8.51. The third-order valence-corrected chi connectivity index (χ3v) is 5.32. The zero-order valence-electron chi connectivity index (χ0n) is 19.7. The third kappa shape index (κ3) is 5.35. The topological polar surface area (TPSA) is 62.5 Å². The molecule has 0 aliphatic heterocycles. The maximum absolute atomic E-state index is 12.8. The van der Waals surface area contributed by atoms with Crippen molar-refractivity contribution in [1.82, 2.24) is 9.13 Å². The maximum Gasteiger partial charge on any atom is 0.416 e. The number of halogens is 3. The Hall–Kier alpha value is -3.49. The van der Waals surface area contributed by atoms with Crippen molar-refractivity contribution in [2.24, 2.45) is 0 Å². The van der Waals surface area contributed by atoms with Crippen LogP contribution in [-0.4, -0.2) is 27.3 Å². The normalized spacial score (nSPS) is 12.0. The molecule has 1 heterocycles. The van der Waals surface area contributed by atoms with E-state index >= 15 is 0 Å². The highest BCUT2D eigenvalue weighted by molar-refractivity contribution is 5.79. The van der Waals surface area contributed by atoms with E-state index in [0.29, 0.717) is 11.4 Å². The second-order valence-electron chi connectivity index (χ2n) is 8.51. The molecule has 0 amide bonds. The minimum absolute atomic E-state index is 0.253. The van der Waals surface area contributed by atoms with Crippen LogP contribution in [0.15, 0.2) is 53.6 Å². The van der Waals surface area contributed by atoms with Gasteiger partial charge in [-0.3, -0.25) is 9.13 Å². The highest BCUT2D eigenvalue weighted by Crippen LogP contribution is 2.30. The van der Waals surface area contributed by atoms with Crippen molar-refractivity contribution in [3.63, 3.8) is 0 Å². The molecule has 0 fully saturated rings. The Kier molecular flexibility index (Phi) is 6.95. The van der Waals surface area contributed by atoms with Gasteiger partial charge in [0.15, 0.2) is 5.60 Å². The first-order chi connectivity index (χ1) is 15.8. The lowest BCUT2D eigenvalue weighted by Crippen LogP contribution is -2.40. The molecule has 1 aromatic heterocycles. The molecule has 0 unspecified atom stereocenters. The number of carbonyl (C=O) groups excluding carboxylic acids is 1. The fourth-order valence-corrected chi connectivity index (χ4v) is 3.63. The van der Waals surface area contributed by atoms with E-state index < -0.39 is 23.3 Å². The zero-order chi connectivity index (χ0) is 25.3. The summed E-state index contributed by atoms with van der Waals surface area (Å²) in [5.41, 5.74) is 0.452. The number of aryl methyl sites for hydroxylation is 2. The van der Waals surface area contributed by atoms with Gasteiger partial charge in [-0.1, -0.05) is 12.1 Å². The summed E-state index contributed by atoms with van der Waals surface area (Å²) in [6, 6.07) is 8.15. The van der Waals surface area contributed by atoms with Gasteiger partial charge in [0.25, 0.3) is 0 Å². The number of aromatic nitrogens is 2. The number of esters is 1. The van der Waals surface area contributed by atoms with Crippen molar-refractivity contribution in [2.75, 3.05) is 6.61 Å². The van der Waals surface area contributed by atoms with E-state index in [2.05, 4.69) is 0 Å². The lowest BCUT2D eigenvalue weighted by Gasteiger charge is -2.26. The summed E-state index contributed by atoms with van der Waals surface area (Å²) < 4.78 is 52.2. The molecular weight excluding hydrogens is 449 g/mol. The van der Waals surface area contributed by atoms with Gasteiger partial charge < -0.3 is 9.47 Å². The lowest BCUT2D eigenvalue weighted by molar-refractivity contribution is -0.158. The smallest absolute Gasteiger partial charge is 0.416 e. The Balaban J connectivity index is 1.83. The van der Waals surface area contributed by atoms with E-state index in [1.54, 1.807) is 27.0 Å². The maximum atomic E-state index is 12.8. The van der Waals surface area contributed by atoms with Crippen LogP contribution in [0.25, 0.3) is 5.69 Å². The van der Waals surface area contributed by atoms with Crippen LogP contribution in [0.1, 0.15) is 43.0 Å². The van der Waals surface area contributed by atoms with Gasteiger partial charge in [0.05, 0.1) is 24.4 Å². The second kappa shape index (κ2) is 9.40. The first-order valence-corrected chi connectivity index (χ1v) is 10.7. The molecule has 3 rings (SSSR count). The van der Waals surface area contributed by atoms with Gasteiger partial charge in [-0.2, -0.15) is 13.2 Å². The first kappa shape index (κ1) is 25.1. The number of ether oxygens (including phenoxy) is 2. The van der Waals surface area contributed by atoms with Crippen LogP contribution < -0.4 is 10.4 Å². The summed E-state index contributed by atoms with van der Waals surface area (Å²) in [5, 5.41) is 0. The van der Waals surface area contributed by atoms with Crippen LogP contribution in [-0.2, 0) is 22.3 Å². The van der Waals surface area contributed by atoms with E-state index in [-0.39, 0.29) is 18.8 Å².